The van der Waals surface area contributed by atoms with Gasteiger partial charge in [0, 0.05) is 35.7 Å². The molecule has 0 bridgehead atoms. The molecule has 2 heterocycles. The molecule has 0 radical (unpaired) electrons. The van der Waals surface area contributed by atoms with Gasteiger partial charge >= 0.3 is 0 Å². The highest BCUT2D eigenvalue weighted by Gasteiger charge is 2.15. The molecule has 0 fully saturated rings. The lowest BCUT2D eigenvalue weighted by Crippen LogP contribution is -2.35. The van der Waals surface area contributed by atoms with E-state index in [9.17, 15) is 4.79 Å². The van der Waals surface area contributed by atoms with Gasteiger partial charge in [0.1, 0.15) is 0 Å². The average Bonchev–Trinajstić information content (AvgIpc) is 2.80. The molecule has 0 aliphatic rings. The van der Waals surface area contributed by atoms with Crippen molar-refractivity contribution in [2.24, 2.45) is 0 Å². The summed E-state index contributed by atoms with van der Waals surface area (Å²) < 4.78 is 0. The number of nitrogens with one attached hydrogen (secondary N) is 2. The Morgan fingerprint density at radius 2 is 1.91 bits per heavy atom. The zero-order chi connectivity index (χ0) is 22.5. The van der Waals surface area contributed by atoms with E-state index in [1.807, 2.05) is 72.6 Å². The van der Waals surface area contributed by atoms with Gasteiger partial charge in [0.05, 0.1) is 6.54 Å². The molecule has 2 aromatic heterocycles. The topological polar surface area (TPSA) is 61.0 Å². The summed E-state index contributed by atoms with van der Waals surface area (Å²) >= 11 is 5.80. The zero-order valence-electron chi connectivity index (χ0n) is 18.3. The number of aromatic nitrogens is 2. The summed E-state index contributed by atoms with van der Waals surface area (Å²) in [6.45, 7) is 5.06. The van der Waals surface area contributed by atoms with Gasteiger partial charge in [-0.1, -0.05) is 43.3 Å². The lowest BCUT2D eigenvalue weighted by molar-refractivity contribution is 0.410. The predicted octanol–water partition coefficient (Wildman–Crippen LogP) is 5.19. The van der Waals surface area contributed by atoms with Gasteiger partial charge < -0.3 is 15.2 Å². The predicted molar refractivity (Wildman–Crippen MR) is 135 cm³/mol. The van der Waals surface area contributed by atoms with Crippen molar-refractivity contribution in [1.82, 2.24) is 14.9 Å². The Bertz CT molecular complexity index is 1300. The second kappa shape index (κ2) is 9.75. The third-order valence-electron chi connectivity index (χ3n) is 5.46. The molecule has 0 amide bonds. The molecule has 0 aliphatic carbocycles. The van der Waals surface area contributed by atoms with Crippen LogP contribution >= 0.6 is 12.2 Å². The highest BCUT2D eigenvalue weighted by atomic mass is 32.1. The van der Waals surface area contributed by atoms with Crippen LogP contribution in [0.15, 0.2) is 77.9 Å². The molecule has 5 nitrogen and oxygen atoms in total. The van der Waals surface area contributed by atoms with E-state index in [1.54, 1.807) is 6.20 Å². The second-order valence-corrected chi connectivity index (χ2v) is 8.26. The van der Waals surface area contributed by atoms with Crippen LogP contribution < -0.4 is 10.9 Å². The average molecular weight is 443 g/mol. The van der Waals surface area contributed by atoms with Crippen LogP contribution in [0.25, 0.3) is 10.9 Å². The van der Waals surface area contributed by atoms with Crippen molar-refractivity contribution < 1.29 is 0 Å². The standard InChI is InChI=1S/C26H26N4OS/c1-3-20-8-4-5-9-23(20)29-26(32)30(16-19-7-6-12-27-15-19)17-22-14-21-11-10-18(2)13-24(21)28-25(22)31/h4-15H,3,16-17H2,1-2H3,(H,28,31)(H,29,32). The normalized spacial score (nSPS) is 10.8. The van der Waals surface area contributed by atoms with Crippen molar-refractivity contribution in [1.29, 1.82) is 0 Å². The minimum Gasteiger partial charge on any atom is -0.340 e. The molecule has 4 rings (SSSR count). The number of anilines is 1. The number of nitrogens with zero attached hydrogens (tertiary/aromatic N) is 2. The smallest absolute Gasteiger partial charge is 0.253 e. The molecule has 2 N–H and O–H groups in total. The van der Waals surface area contributed by atoms with Crippen molar-refractivity contribution >= 4 is 33.9 Å². The summed E-state index contributed by atoms with van der Waals surface area (Å²) in [7, 11) is 0. The number of aromatic amines is 1. The summed E-state index contributed by atoms with van der Waals surface area (Å²) in [6, 6.07) is 20.1. The van der Waals surface area contributed by atoms with Gasteiger partial charge in [-0.3, -0.25) is 9.78 Å². The maximum atomic E-state index is 12.9. The molecule has 0 atom stereocenters. The molecular weight excluding hydrogens is 416 g/mol. The van der Waals surface area contributed by atoms with Crippen LogP contribution in [-0.2, 0) is 19.5 Å². The van der Waals surface area contributed by atoms with Crippen LogP contribution in [0.5, 0.6) is 0 Å². The summed E-state index contributed by atoms with van der Waals surface area (Å²) in [5.74, 6) is 0. The van der Waals surface area contributed by atoms with Crippen LogP contribution in [0.1, 0.15) is 29.2 Å². The molecule has 0 aliphatic heterocycles. The van der Waals surface area contributed by atoms with Gasteiger partial charge in [-0.25, -0.2) is 0 Å². The molecule has 32 heavy (non-hydrogen) atoms. The van der Waals surface area contributed by atoms with Gasteiger partial charge in [0.25, 0.3) is 5.56 Å². The van der Waals surface area contributed by atoms with Crippen LogP contribution in [0.4, 0.5) is 5.69 Å². The highest BCUT2D eigenvalue weighted by Crippen LogP contribution is 2.19. The lowest BCUT2D eigenvalue weighted by atomic mass is 10.1. The van der Waals surface area contributed by atoms with Gasteiger partial charge in [-0.2, -0.15) is 0 Å². The minimum atomic E-state index is -0.101. The first-order valence-electron chi connectivity index (χ1n) is 10.7. The number of thiocarbonyl (C=S) groups is 1. The fourth-order valence-electron chi connectivity index (χ4n) is 3.74. The number of rotatable bonds is 6. The van der Waals surface area contributed by atoms with Crippen molar-refractivity contribution in [2.75, 3.05) is 5.32 Å². The van der Waals surface area contributed by atoms with Crippen molar-refractivity contribution in [3.8, 4) is 0 Å². The van der Waals surface area contributed by atoms with Gasteiger partial charge in [-0.15, -0.1) is 0 Å². The van der Waals surface area contributed by atoms with E-state index in [0.29, 0.717) is 23.8 Å². The number of fused-ring (bicyclic) bond motifs is 1. The van der Waals surface area contributed by atoms with Crippen LogP contribution in [-0.4, -0.2) is 20.0 Å². The number of pyridine rings is 2. The molecule has 0 saturated carbocycles. The van der Waals surface area contributed by atoms with E-state index in [4.69, 9.17) is 12.2 Å². The van der Waals surface area contributed by atoms with E-state index >= 15 is 0 Å². The van der Waals surface area contributed by atoms with E-state index in [-0.39, 0.29) is 5.56 Å². The third-order valence-corrected chi connectivity index (χ3v) is 5.82. The maximum Gasteiger partial charge on any atom is 0.253 e. The first-order valence-corrected chi connectivity index (χ1v) is 11.1. The molecule has 0 unspecified atom stereocenters. The molecule has 2 aromatic carbocycles. The van der Waals surface area contributed by atoms with E-state index in [2.05, 4.69) is 28.3 Å². The Hall–Kier alpha value is -3.51. The molecule has 4 aromatic rings. The Kier molecular flexibility index (Phi) is 6.61. The summed E-state index contributed by atoms with van der Waals surface area (Å²) in [6.07, 6.45) is 4.47. The molecule has 0 spiro atoms. The van der Waals surface area contributed by atoms with Crippen molar-refractivity contribution in [2.45, 2.75) is 33.4 Å². The summed E-state index contributed by atoms with van der Waals surface area (Å²) in [5.41, 5.74) is 5.71. The highest BCUT2D eigenvalue weighted by molar-refractivity contribution is 7.80. The molecule has 0 saturated heterocycles. The second-order valence-electron chi connectivity index (χ2n) is 7.87. The van der Waals surface area contributed by atoms with Crippen molar-refractivity contribution in [3.05, 3.63) is 106 Å². The van der Waals surface area contributed by atoms with Gasteiger partial charge in [0.15, 0.2) is 5.11 Å². The number of benzene rings is 2. The zero-order valence-corrected chi connectivity index (χ0v) is 19.1. The largest absolute Gasteiger partial charge is 0.340 e. The Balaban J connectivity index is 1.65. The van der Waals surface area contributed by atoms with Crippen LogP contribution in [0.2, 0.25) is 0 Å². The van der Waals surface area contributed by atoms with Gasteiger partial charge in [-0.05, 0) is 71.9 Å². The fourth-order valence-corrected chi connectivity index (χ4v) is 3.98. The van der Waals surface area contributed by atoms with E-state index in [1.165, 1.54) is 5.56 Å². The Morgan fingerprint density at radius 3 is 2.69 bits per heavy atom. The van der Waals surface area contributed by atoms with Crippen LogP contribution in [0.3, 0.4) is 0 Å². The van der Waals surface area contributed by atoms with Crippen molar-refractivity contribution in [3.63, 3.8) is 0 Å². The van der Waals surface area contributed by atoms with Crippen LogP contribution in [0, 0.1) is 6.92 Å². The summed E-state index contributed by atoms with van der Waals surface area (Å²) in [4.78, 5) is 22.1. The molecular formula is C26H26N4OS. The molecule has 162 valence electrons. The van der Waals surface area contributed by atoms with E-state index < -0.39 is 0 Å². The number of H-pyrrole nitrogens is 1. The molecule has 6 heteroatoms. The first-order chi connectivity index (χ1) is 15.5. The lowest BCUT2D eigenvalue weighted by Gasteiger charge is -2.26. The maximum absolute atomic E-state index is 12.9. The Labute approximate surface area is 193 Å². The van der Waals surface area contributed by atoms with E-state index in [0.717, 1.165) is 34.1 Å². The fraction of sp³-hybridized carbons (Fsp3) is 0.192. The summed E-state index contributed by atoms with van der Waals surface area (Å²) in [5, 5.41) is 4.96. The monoisotopic (exact) mass is 442 g/mol. The Morgan fingerprint density at radius 1 is 1.06 bits per heavy atom. The number of hydrogen-bond acceptors (Lipinski definition) is 3. The third kappa shape index (κ3) is 5.03. The minimum absolute atomic E-state index is 0.101. The number of para-hydroxylation sites is 1. The number of aryl methyl sites for hydroxylation is 2. The quantitative estimate of drug-likeness (QED) is 0.402. The number of hydrogen-bond donors (Lipinski definition) is 2. The van der Waals surface area contributed by atoms with Gasteiger partial charge in [0.2, 0.25) is 0 Å². The SMILES string of the molecule is CCc1ccccc1NC(=S)N(Cc1cccnc1)Cc1cc2ccc(C)cc2[nH]c1=O. The first kappa shape index (κ1) is 21.7.